The lowest BCUT2D eigenvalue weighted by Crippen LogP contribution is -2.19. The van der Waals surface area contributed by atoms with E-state index in [1.807, 2.05) is 13.8 Å². The third-order valence-corrected chi connectivity index (χ3v) is 3.54. The predicted octanol–water partition coefficient (Wildman–Crippen LogP) is 3.35. The lowest BCUT2D eigenvalue weighted by molar-refractivity contribution is 0.0695. The monoisotopic (exact) mass is 325 g/mol. The van der Waals surface area contributed by atoms with Gasteiger partial charge in [0.2, 0.25) is 11.2 Å². The van der Waals surface area contributed by atoms with Gasteiger partial charge in [0.05, 0.1) is 18.0 Å². The molecule has 0 atom stereocenters. The van der Waals surface area contributed by atoms with Gasteiger partial charge in [0, 0.05) is 12.2 Å². The van der Waals surface area contributed by atoms with E-state index in [1.54, 1.807) is 0 Å². The topological polar surface area (TPSA) is 68.5 Å². The molecule has 0 aliphatic heterocycles. The van der Waals surface area contributed by atoms with Crippen molar-refractivity contribution in [2.75, 3.05) is 7.11 Å². The first-order chi connectivity index (χ1) is 11.0. The molecule has 1 aromatic heterocycles. The van der Waals surface area contributed by atoms with E-state index in [2.05, 4.69) is 0 Å². The van der Waals surface area contributed by atoms with Crippen LogP contribution in [0.15, 0.2) is 17.1 Å². The number of halogens is 2. The second-order valence-corrected chi connectivity index (χ2v) is 4.92. The fourth-order valence-corrected chi connectivity index (χ4v) is 2.41. The fraction of sp³-hybridized carbons (Fsp3) is 0.375. The van der Waals surface area contributed by atoms with Gasteiger partial charge in [-0.1, -0.05) is 13.8 Å². The summed E-state index contributed by atoms with van der Waals surface area (Å²) in [4.78, 5) is 23.3. The van der Waals surface area contributed by atoms with Crippen LogP contribution in [0.25, 0.3) is 10.9 Å². The number of ether oxygens (including phenoxy) is 1. The van der Waals surface area contributed by atoms with Crippen molar-refractivity contribution in [2.24, 2.45) is 0 Å². The summed E-state index contributed by atoms with van der Waals surface area (Å²) in [7, 11) is 1.17. The van der Waals surface area contributed by atoms with Gasteiger partial charge in [0.1, 0.15) is 5.56 Å². The van der Waals surface area contributed by atoms with Crippen molar-refractivity contribution in [3.63, 3.8) is 0 Å². The van der Waals surface area contributed by atoms with Crippen molar-refractivity contribution in [3.05, 3.63) is 39.7 Å². The van der Waals surface area contributed by atoms with Crippen molar-refractivity contribution in [1.82, 2.24) is 4.57 Å². The molecule has 1 heterocycles. The summed E-state index contributed by atoms with van der Waals surface area (Å²) in [6.07, 6.45) is 2.73. The molecule has 0 spiro atoms. The number of pyridine rings is 1. The summed E-state index contributed by atoms with van der Waals surface area (Å²) in [6, 6.07) is 0.686. The number of carboxylic acid groups (broad SMARTS) is 1. The Bertz CT molecular complexity index is 825. The van der Waals surface area contributed by atoms with E-state index in [1.165, 1.54) is 17.9 Å². The molecule has 0 bridgehead atoms. The summed E-state index contributed by atoms with van der Waals surface area (Å²) >= 11 is 0. The predicted molar refractivity (Wildman–Crippen MR) is 81.3 cm³/mol. The first kappa shape index (κ1) is 16.9. The quantitative estimate of drug-likeness (QED) is 0.939. The van der Waals surface area contributed by atoms with Crippen LogP contribution < -0.4 is 10.2 Å². The van der Waals surface area contributed by atoms with Gasteiger partial charge in [0.25, 0.3) is 0 Å². The molecule has 1 N–H and O–H groups in total. The molecule has 1 fully saturated rings. The third kappa shape index (κ3) is 2.78. The average Bonchev–Trinajstić information content (AvgIpc) is 3.36. The molecule has 0 unspecified atom stereocenters. The van der Waals surface area contributed by atoms with Crippen LogP contribution >= 0.6 is 0 Å². The largest absolute Gasteiger partial charge is 0.491 e. The molecule has 0 radical (unpaired) electrons. The molecule has 1 saturated carbocycles. The number of carboxylic acids is 1. The molecule has 0 amide bonds. The smallest absolute Gasteiger partial charge is 0.341 e. The van der Waals surface area contributed by atoms with Gasteiger partial charge in [-0.05, 0) is 18.9 Å². The van der Waals surface area contributed by atoms with Crippen molar-refractivity contribution < 1.29 is 23.4 Å². The summed E-state index contributed by atoms with van der Waals surface area (Å²) in [5, 5.41) is 8.89. The second kappa shape index (κ2) is 6.36. The Kier molecular flexibility index (Phi) is 4.68. The fourth-order valence-electron chi connectivity index (χ4n) is 2.41. The molecule has 3 rings (SSSR count). The SMILES string of the molecule is CC.COc1c(F)c(F)cc2c(=O)c(C(=O)O)cn(C3CC3)c12. The second-order valence-electron chi connectivity index (χ2n) is 4.92. The Morgan fingerprint density at radius 2 is 1.96 bits per heavy atom. The van der Waals surface area contributed by atoms with Gasteiger partial charge >= 0.3 is 5.97 Å². The Labute approximate surface area is 131 Å². The van der Waals surface area contributed by atoms with Crippen LogP contribution in [0.5, 0.6) is 5.75 Å². The van der Waals surface area contributed by atoms with Crippen molar-refractivity contribution >= 4 is 16.9 Å². The Morgan fingerprint density at radius 1 is 1.35 bits per heavy atom. The van der Waals surface area contributed by atoms with E-state index in [4.69, 9.17) is 9.84 Å². The van der Waals surface area contributed by atoms with Gasteiger partial charge in [-0.3, -0.25) is 4.79 Å². The Morgan fingerprint density at radius 3 is 2.43 bits per heavy atom. The number of hydrogen-bond acceptors (Lipinski definition) is 3. The normalized spacial score (nSPS) is 13.4. The van der Waals surface area contributed by atoms with Crippen molar-refractivity contribution in [3.8, 4) is 5.75 Å². The number of aromatic nitrogens is 1. The van der Waals surface area contributed by atoms with Crippen LogP contribution in [0.3, 0.4) is 0 Å². The maximum atomic E-state index is 13.9. The zero-order valence-electron chi connectivity index (χ0n) is 13.0. The Hall–Kier alpha value is -2.44. The minimum absolute atomic E-state index is 0.0371. The van der Waals surface area contributed by atoms with Gasteiger partial charge < -0.3 is 14.4 Å². The van der Waals surface area contributed by atoms with Crippen molar-refractivity contribution in [2.45, 2.75) is 32.7 Å². The summed E-state index contributed by atoms with van der Waals surface area (Å²) in [6.45, 7) is 4.00. The highest BCUT2D eigenvalue weighted by molar-refractivity contribution is 5.94. The highest BCUT2D eigenvalue weighted by Gasteiger charge is 2.30. The zero-order valence-corrected chi connectivity index (χ0v) is 13.0. The van der Waals surface area contributed by atoms with Crippen LogP contribution in [-0.2, 0) is 0 Å². The van der Waals surface area contributed by atoms with E-state index < -0.39 is 28.6 Å². The molecule has 7 heteroatoms. The van der Waals surface area contributed by atoms with Gasteiger partial charge in [-0.15, -0.1) is 0 Å². The minimum Gasteiger partial charge on any atom is -0.491 e. The molecule has 5 nitrogen and oxygen atoms in total. The molecule has 124 valence electrons. The number of benzene rings is 1. The standard InChI is InChI=1S/C14H11F2NO4.C2H6/c1-21-13-10(16)9(15)4-7-11(13)17(6-2-3-6)5-8(12(7)18)14(19)20;1-2/h4-6H,2-3H2,1H3,(H,19,20);1-2H3. The number of nitrogens with zero attached hydrogens (tertiary/aromatic N) is 1. The number of carbonyl (C=O) groups is 1. The number of aromatic carboxylic acids is 1. The first-order valence-corrected chi connectivity index (χ1v) is 7.29. The van der Waals surface area contributed by atoms with Gasteiger partial charge in [-0.25, -0.2) is 9.18 Å². The maximum absolute atomic E-state index is 13.9. The molecular formula is C16H17F2NO4. The average molecular weight is 325 g/mol. The van der Waals surface area contributed by atoms with E-state index in [0.29, 0.717) is 0 Å². The molecule has 1 aliphatic carbocycles. The molecular weight excluding hydrogens is 308 g/mol. The molecule has 1 aliphatic rings. The van der Waals surface area contributed by atoms with Crippen LogP contribution in [0.1, 0.15) is 43.1 Å². The first-order valence-electron chi connectivity index (χ1n) is 7.29. The number of rotatable bonds is 3. The van der Waals surface area contributed by atoms with Crippen LogP contribution in [-0.4, -0.2) is 22.8 Å². The summed E-state index contributed by atoms with van der Waals surface area (Å²) < 4.78 is 33.8. The van der Waals surface area contributed by atoms with E-state index in [9.17, 15) is 18.4 Å². The summed E-state index contributed by atoms with van der Waals surface area (Å²) in [5.41, 5.74) is -1.23. The van der Waals surface area contributed by atoms with Crippen LogP contribution in [0.4, 0.5) is 8.78 Å². The molecule has 0 saturated heterocycles. The van der Waals surface area contributed by atoms with E-state index >= 15 is 0 Å². The summed E-state index contributed by atoms with van der Waals surface area (Å²) in [5.74, 6) is -4.23. The van der Waals surface area contributed by atoms with Crippen LogP contribution in [0, 0.1) is 11.6 Å². The molecule has 23 heavy (non-hydrogen) atoms. The van der Waals surface area contributed by atoms with Crippen LogP contribution in [0.2, 0.25) is 0 Å². The van der Waals surface area contributed by atoms with E-state index in [-0.39, 0.29) is 22.7 Å². The molecule has 2 aromatic rings. The highest BCUT2D eigenvalue weighted by atomic mass is 19.2. The van der Waals surface area contributed by atoms with E-state index in [0.717, 1.165) is 18.9 Å². The third-order valence-electron chi connectivity index (χ3n) is 3.54. The lowest BCUT2D eigenvalue weighted by atomic mass is 10.1. The van der Waals surface area contributed by atoms with Gasteiger partial charge in [0.15, 0.2) is 11.6 Å². The number of fused-ring (bicyclic) bond motifs is 1. The Balaban J connectivity index is 0.000000924. The molecule has 1 aromatic carbocycles. The number of methoxy groups -OCH3 is 1. The number of hydrogen-bond donors (Lipinski definition) is 1. The lowest BCUT2D eigenvalue weighted by Gasteiger charge is -2.15. The zero-order chi connectivity index (χ0) is 17.3. The minimum atomic E-state index is -1.40. The van der Waals surface area contributed by atoms with Crippen molar-refractivity contribution in [1.29, 1.82) is 0 Å². The van der Waals surface area contributed by atoms with Gasteiger partial charge in [-0.2, -0.15) is 4.39 Å². The highest BCUT2D eigenvalue weighted by Crippen LogP contribution is 2.40. The maximum Gasteiger partial charge on any atom is 0.341 e.